The van der Waals surface area contributed by atoms with E-state index in [4.69, 9.17) is 0 Å². The second-order valence-corrected chi connectivity index (χ2v) is 9.88. The van der Waals surface area contributed by atoms with Crippen molar-refractivity contribution < 1.29 is 13.2 Å². The molecule has 3 aliphatic rings. The molecule has 3 fully saturated rings. The Labute approximate surface area is 165 Å². The second-order valence-electron chi connectivity index (χ2n) is 6.81. The lowest BCUT2D eigenvalue weighted by Crippen LogP contribution is -2.53. The monoisotopic (exact) mass is 417 g/mol. The van der Waals surface area contributed by atoms with Gasteiger partial charge >= 0.3 is 0 Å². The van der Waals surface area contributed by atoms with Crippen molar-refractivity contribution in [3.8, 4) is 0 Å². The molecular weight excluding hydrogens is 394 g/mol. The van der Waals surface area contributed by atoms with Gasteiger partial charge in [-0.15, -0.1) is 12.4 Å². The molecule has 0 spiro atoms. The molecule has 4 rings (SSSR count). The first-order chi connectivity index (χ1) is 12.1. The van der Waals surface area contributed by atoms with Crippen LogP contribution in [0, 0.1) is 0 Å². The Hall–Kier alpha value is -0.800. The average molecular weight is 418 g/mol. The first kappa shape index (κ1) is 19.9. The Balaban J connectivity index is 0.00000196. The van der Waals surface area contributed by atoms with Crippen LogP contribution in [-0.2, 0) is 10.0 Å². The number of piperazine rings is 1. The average Bonchev–Trinajstić information content (AvgIpc) is 2.92. The number of amides is 1. The first-order valence-electron chi connectivity index (χ1n) is 8.79. The van der Waals surface area contributed by atoms with Gasteiger partial charge in [0.15, 0.2) is 0 Å². The normalized spacial score (nSPS) is 26.4. The molecule has 2 atom stereocenters. The smallest absolute Gasteiger partial charge is 0.253 e. The molecule has 144 valence electrons. The number of halogens is 1. The number of nitrogens with one attached hydrogen (secondary N) is 1. The van der Waals surface area contributed by atoms with Gasteiger partial charge in [-0.3, -0.25) is 4.79 Å². The maximum absolute atomic E-state index is 13.2. The van der Waals surface area contributed by atoms with Crippen LogP contribution in [0.15, 0.2) is 29.2 Å². The van der Waals surface area contributed by atoms with Gasteiger partial charge in [-0.2, -0.15) is 16.1 Å². The van der Waals surface area contributed by atoms with Crippen LogP contribution in [0.3, 0.4) is 0 Å². The van der Waals surface area contributed by atoms with Crippen LogP contribution in [0.4, 0.5) is 0 Å². The summed E-state index contributed by atoms with van der Waals surface area (Å²) in [5, 5.41) is 3.30. The number of carbonyl (C=O) groups excluding carboxylic acids is 1. The maximum atomic E-state index is 13.2. The third-order valence-corrected chi connectivity index (χ3v) is 8.21. The Morgan fingerprint density at radius 3 is 2.42 bits per heavy atom. The van der Waals surface area contributed by atoms with Crippen molar-refractivity contribution in [2.24, 2.45) is 0 Å². The molecule has 0 aromatic heterocycles. The Morgan fingerprint density at radius 2 is 1.77 bits per heavy atom. The highest BCUT2D eigenvalue weighted by atomic mass is 35.5. The van der Waals surface area contributed by atoms with Gasteiger partial charge in [0.1, 0.15) is 0 Å². The van der Waals surface area contributed by atoms with E-state index in [0.29, 0.717) is 18.7 Å². The summed E-state index contributed by atoms with van der Waals surface area (Å²) in [7, 11) is -3.57. The number of hydrogen-bond acceptors (Lipinski definition) is 5. The minimum atomic E-state index is -3.57. The maximum Gasteiger partial charge on any atom is 0.253 e. The van der Waals surface area contributed by atoms with E-state index in [9.17, 15) is 13.2 Å². The van der Waals surface area contributed by atoms with Crippen LogP contribution in [-0.4, -0.2) is 73.3 Å². The van der Waals surface area contributed by atoms with E-state index in [1.54, 1.807) is 28.6 Å². The minimum absolute atomic E-state index is 0. The predicted molar refractivity (Wildman–Crippen MR) is 106 cm³/mol. The minimum Gasteiger partial charge on any atom is -0.337 e. The fourth-order valence-electron chi connectivity index (χ4n) is 3.99. The third kappa shape index (κ3) is 3.62. The molecule has 3 saturated heterocycles. The van der Waals surface area contributed by atoms with Crippen LogP contribution in [0.2, 0.25) is 0 Å². The summed E-state index contributed by atoms with van der Waals surface area (Å²) in [5.74, 6) is 1.81. The van der Waals surface area contributed by atoms with E-state index in [1.807, 2.05) is 16.7 Å². The van der Waals surface area contributed by atoms with Crippen molar-refractivity contribution in [3.63, 3.8) is 0 Å². The summed E-state index contributed by atoms with van der Waals surface area (Å²) in [4.78, 5) is 14.8. The molecule has 0 radical (unpaired) electrons. The van der Waals surface area contributed by atoms with Gasteiger partial charge < -0.3 is 10.2 Å². The van der Waals surface area contributed by atoms with Gasteiger partial charge in [-0.25, -0.2) is 8.42 Å². The molecule has 0 aliphatic carbocycles. The predicted octanol–water partition coefficient (Wildman–Crippen LogP) is 1.42. The number of benzene rings is 1. The highest BCUT2D eigenvalue weighted by Crippen LogP contribution is 2.33. The van der Waals surface area contributed by atoms with E-state index in [2.05, 4.69) is 5.32 Å². The van der Waals surface area contributed by atoms with Crippen molar-refractivity contribution in [2.75, 3.05) is 37.7 Å². The summed E-state index contributed by atoms with van der Waals surface area (Å²) in [5.41, 5.74) is 0.468. The van der Waals surface area contributed by atoms with Crippen molar-refractivity contribution >= 4 is 40.1 Å². The molecular formula is C17H24ClN3O3S2. The Morgan fingerprint density at radius 1 is 1.12 bits per heavy atom. The van der Waals surface area contributed by atoms with Crippen molar-refractivity contribution in [1.82, 2.24) is 14.5 Å². The molecule has 1 N–H and O–H groups in total. The summed E-state index contributed by atoms with van der Waals surface area (Å²) < 4.78 is 28.0. The molecule has 1 aromatic rings. The summed E-state index contributed by atoms with van der Waals surface area (Å²) >= 11 is 1.84. The van der Waals surface area contributed by atoms with Gasteiger partial charge in [0.25, 0.3) is 5.91 Å². The van der Waals surface area contributed by atoms with E-state index in [1.165, 1.54) is 0 Å². The van der Waals surface area contributed by atoms with Gasteiger partial charge in [-0.05, 0) is 31.0 Å². The SMILES string of the molecule is Cl.O=C(c1cccc(S(=O)(=O)N2[C@@H]3CC[C@H]2CNC3)c1)N1CCSCC1. The van der Waals surface area contributed by atoms with Crippen LogP contribution in [0.5, 0.6) is 0 Å². The molecule has 3 heterocycles. The molecule has 1 amide bonds. The lowest BCUT2D eigenvalue weighted by molar-refractivity contribution is 0.0772. The molecule has 0 saturated carbocycles. The molecule has 0 unspecified atom stereocenters. The summed E-state index contributed by atoms with van der Waals surface area (Å²) in [6.07, 6.45) is 1.81. The van der Waals surface area contributed by atoms with Crippen molar-refractivity contribution in [2.45, 2.75) is 29.8 Å². The molecule has 2 bridgehead atoms. The quantitative estimate of drug-likeness (QED) is 0.805. The molecule has 1 aromatic carbocycles. The lowest BCUT2D eigenvalue weighted by Gasteiger charge is -2.34. The topological polar surface area (TPSA) is 69.7 Å². The van der Waals surface area contributed by atoms with E-state index in [-0.39, 0.29) is 35.3 Å². The van der Waals surface area contributed by atoms with E-state index in [0.717, 1.165) is 37.4 Å². The van der Waals surface area contributed by atoms with Crippen LogP contribution in [0.1, 0.15) is 23.2 Å². The van der Waals surface area contributed by atoms with Crippen molar-refractivity contribution in [1.29, 1.82) is 0 Å². The van der Waals surface area contributed by atoms with E-state index < -0.39 is 10.0 Å². The number of nitrogens with zero attached hydrogens (tertiary/aromatic N) is 2. The van der Waals surface area contributed by atoms with E-state index >= 15 is 0 Å². The van der Waals surface area contributed by atoms with Crippen LogP contribution < -0.4 is 5.32 Å². The Bertz CT molecular complexity index is 752. The molecule has 9 heteroatoms. The fourth-order valence-corrected chi connectivity index (χ4v) is 6.81. The highest BCUT2D eigenvalue weighted by molar-refractivity contribution is 7.99. The summed E-state index contributed by atoms with van der Waals surface area (Å²) in [6.45, 7) is 2.87. The third-order valence-electron chi connectivity index (χ3n) is 5.27. The van der Waals surface area contributed by atoms with Gasteiger partial charge in [0.05, 0.1) is 4.90 Å². The largest absolute Gasteiger partial charge is 0.337 e. The lowest BCUT2D eigenvalue weighted by atomic mass is 10.2. The number of thioether (sulfide) groups is 1. The molecule has 26 heavy (non-hydrogen) atoms. The van der Waals surface area contributed by atoms with Crippen molar-refractivity contribution in [3.05, 3.63) is 29.8 Å². The zero-order chi connectivity index (χ0) is 17.4. The van der Waals surface area contributed by atoms with Gasteiger partial charge in [0, 0.05) is 55.3 Å². The van der Waals surface area contributed by atoms with Gasteiger partial charge in [-0.1, -0.05) is 6.07 Å². The Kier molecular flexibility index (Phi) is 6.18. The number of sulfonamides is 1. The highest BCUT2D eigenvalue weighted by Gasteiger charge is 2.44. The molecule has 6 nitrogen and oxygen atoms in total. The summed E-state index contributed by atoms with van der Waals surface area (Å²) in [6, 6.07) is 6.63. The van der Waals surface area contributed by atoms with Crippen LogP contribution in [0.25, 0.3) is 0 Å². The number of hydrogen-bond donors (Lipinski definition) is 1. The number of carbonyl (C=O) groups is 1. The van der Waals surface area contributed by atoms with Gasteiger partial charge in [0.2, 0.25) is 10.0 Å². The first-order valence-corrected chi connectivity index (χ1v) is 11.4. The standard InChI is InChI=1S/C17H23N3O3S2.ClH/c21-17(19-6-8-24-9-7-19)13-2-1-3-16(10-13)25(22,23)20-14-4-5-15(20)12-18-11-14;/h1-3,10,14-15,18H,4-9,11-12H2;1H/t14-,15+;. The fraction of sp³-hybridized carbons (Fsp3) is 0.588. The zero-order valence-corrected chi connectivity index (χ0v) is 16.9. The number of fused-ring (bicyclic) bond motifs is 2. The van der Waals surface area contributed by atoms with Crippen LogP contribution >= 0.6 is 24.2 Å². The number of rotatable bonds is 3. The second kappa shape index (κ2) is 8.06. The zero-order valence-electron chi connectivity index (χ0n) is 14.5. The molecule has 3 aliphatic heterocycles.